The van der Waals surface area contributed by atoms with Crippen LogP contribution in [0.4, 0.5) is 0 Å². The first-order chi connectivity index (χ1) is 6.56. The van der Waals surface area contributed by atoms with Crippen molar-refractivity contribution in [3.63, 3.8) is 0 Å². The first-order valence-corrected chi connectivity index (χ1v) is 6.73. The summed E-state index contributed by atoms with van der Waals surface area (Å²) in [5.74, 6) is 0. The smallest absolute Gasteiger partial charge is 0.00731 e. The molecule has 0 bridgehead atoms. The van der Waals surface area contributed by atoms with Gasteiger partial charge in [0.05, 0.1) is 0 Å². The second-order valence-corrected chi connectivity index (χ2v) is 6.25. The molecule has 0 rings (SSSR count). The van der Waals surface area contributed by atoms with Gasteiger partial charge >= 0.3 is 0 Å². The zero-order chi connectivity index (χ0) is 10.9. The van der Waals surface area contributed by atoms with Crippen LogP contribution in [0.5, 0.6) is 0 Å². The summed E-state index contributed by atoms with van der Waals surface area (Å²) in [6.45, 7) is 6.68. The van der Waals surface area contributed by atoms with Gasteiger partial charge in [0, 0.05) is 4.75 Å². The van der Waals surface area contributed by atoms with Crippen molar-refractivity contribution < 1.29 is 0 Å². The Morgan fingerprint density at radius 1 is 0.786 bits per heavy atom. The van der Waals surface area contributed by atoms with Crippen LogP contribution in [-0.2, 0) is 0 Å². The molecule has 0 aliphatic carbocycles. The first-order valence-electron chi connectivity index (χ1n) is 6.28. The largest absolute Gasteiger partial charge is 0.173 e. The third kappa shape index (κ3) is 12.3. The molecule has 0 fully saturated rings. The first kappa shape index (κ1) is 14.3. The van der Waals surface area contributed by atoms with Crippen molar-refractivity contribution in [1.29, 1.82) is 0 Å². The quantitative estimate of drug-likeness (QED) is 0.396. The maximum atomic E-state index is 4.53. The van der Waals surface area contributed by atoms with E-state index in [4.69, 9.17) is 0 Å². The van der Waals surface area contributed by atoms with Gasteiger partial charge in [-0.1, -0.05) is 72.1 Å². The molecule has 0 aliphatic rings. The SMILES string of the molecule is CCCCCCCCCCC(C)(C)S. The van der Waals surface area contributed by atoms with Crippen LogP contribution >= 0.6 is 12.6 Å². The third-order valence-electron chi connectivity index (χ3n) is 2.64. The Bertz CT molecular complexity index is 113. The molecule has 0 saturated heterocycles. The minimum atomic E-state index is 0.238. The fourth-order valence-corrected chi connectivity index (χ4v) is 1.85. The molecular formula is C13H28S. The van der Waals surface area contributed by atoms with Gasteiger partial charge in [-0.05, 0) is 6.42 Å². The summed E-state index contributed by atoms with van der Waals surface area (Å²) in [5.41, 5.74) is 0. The molecule has 0 spiro atoms. The summed E-state index contributed by atoms with van der Waals surface area (Å²) in [6.07, 6.45) is 12.5. The molecule has 0 aromatic rings. The standard InChI is InChI=1S/C13H28S/c1-4-5-6-7-8-9-10-11-12-13(2,3)14/h14H,4-12H2,1-3H3. The summed E-state index contributed by atoms with van der Waals surface area (Å²) in [4.78, 5) is 0. The molecule has 14 heavy (non-hydrogen) atoms. The maximum Gasteiger partial charge on any atom is 0.00731 e. The molecular weight excluding hydrogens is 188 g/mol. The van der Waals surface area contributed by atoms with Crippen molar-refractivity contribution in [2.75, 3.05) is 0 Å². The van der Waals surface area contributed by atoms with E-state index in [0.717, 1.165) is 0 Å². The van der Waals surface area contributed by atoms with E-state index in [-0.39, 0.29) is 4.75 Å². The average Bonchev–Trinajstić information content (AvgIpc) is 2.08. The van der Waals surface area contributed by atoms with Gasteiger partial charge in [-0.2, -0.15) is 12.6 Å². The summed E-state index contributed by atoms with van der Waals surface area (Å²) in [6, 6.07) is 0. The summed E-state index contributed by atoms with van der Waals surface area (Å²) in [7, 11) is 0. The van der Waals surface area contributed by atoms with Gasteiger partial charge < -0.3 is 0 Å². The van der Waals surface area contributed by atoms with Gasteiger partial charge in [0.2, 0.25) is 0 Å². The summed E-state index contributed by atoms with van der Waals surface area (Å²) in [5, 5.41) is 0. The van der Waals surface area contributed by atoms with Crippen LogP contribution in [0, 0.1) is 0 Å². The van der Waals surface area contributed by atoms with E-state index in [2.05, 4.69) is 33.4 Å². The summed E-state index contributed by atoms with van der Waals surface area (Å²) >= 11 is 4.53. The third-order valence-corrected chi connectivity index (χ3v) is 2.87. The monoisotopic (exact) mass is 216 g/mol. The van der Waals surface area contributed by atoms with Crippen LogP contribution < -0.4 is 0 Å². The topological polar surface area (TPSA) is 0 Å². The van der Waals surface area contributed by atoms with E-state index in [1.807, 2.05) is 0 Å². The molecule has 0 atom stereocenters. The lowest BCUT2D eigenvalue weighted by Crippen LogP contribution is -2.09. The van der Waals surface area contributed by atoms with E-state index in [1.165, 1.54) is 57.8 Å². The van der Waals surface area contributed by atoms with Crippen LogP contribution in [0.25, 0.3) is 0 Å². The fraction of sp³-hybridized carbons (Fsp3) is 1.00. The molecule has 0 radical (unpaired) electrons. The van der Waals surface area contributed by atoms with Crippen molar-refractivity contribution in [3.05, 3.63) is 0 Å². The Morgan fingerprint density at radius 3 is 1.64 bits per heavy atom. The van der Waals surface area contributed by atoms with Gasteiger partial charge in [0.15, 0.2) is 0 Å². The molecule has 0 aromatic heterocycles. The zero-order valence-electron chi connectivity index (χ0n) is 10.3. The number of hydrogen-bond acceptors (Lipinski definition) is 1. The van der Waals surface area contributed by atoms with Crippen LogP contribution in [0.2, 0.25) is 0 Å². The highest BCUT2D eigenvalue weighted by Crippen LogP contribution is 2.21. The van der Waals surface area contributed by atoms with E-state index in [0.29, 0.717) is 0 Å². The molecule has 0 nitrogen and oxygen atoms in total. The van der Waals surface area contributed by atoms with Crippen molar-refractivity contribution in [3.8, 4) is 0 Å². The zero-order valence-corrected chi connectivity index (χ0v) is 11.2. The molecule has 0 heterocycles. The number of hydrogen-bond donors (Lipinski definition) is 1. The van der Waals surface area contributed by atoms with Gasteiger partial charge in [-0.25, -0.2) is 0 Å². The Kier molecular flexibility index (Phi) is 8.86. The molecule has 0 N–H and O–H groups in total. The molecule has 0 amide bonds. The molecule has 0 aromatic carbocycles. The minimum Gasteiger partial charge on any atom is -0.173 e. The number of rotatable bonds is 9. The molecule has 1 heteroatoms. The highest BCUT2D eigenvalue weighted by molar-refractivity contribution is 7.81. The van der Waals surface area contributed by atoms with Crippen LogP contribution in [0.3, 0.4) is 0 Å². The minimum absolute atomic E-state index is 0.238. The maximum absolute atomic E-state index is 4.53. The predicted molar refractivity (Wildman–Crippen MR) is 70.3 cm³/mol. The van der Waals surface area contributed by atoms with Gasteiger partial charge in [-0.15, -0.1) is 0 Å². The Morgan fingerprint density at radius 2 is 1.21 bits per heavy atom. The second kappa shape index (κ2) is 8.64. The molecule has 86 valence electrons. The lowest BCUT2D eigenvalue weighted by molar-refractivity contribution is 0.534. The predicted octanol–water partition coefficient (Wildman–Crippen LogP) is 5.23. The van der Waals surface area contributed by atoms with Crippen molar-refractivity contribution in [2.24, 2.45) is 0 Å². The van der Waals surface area contributed by atoms with E-state index in [9.17, 15) is 0 Å². The lowest BCUT2D eigenvalue weighted by atomic mass is 10.0. The van der Waals surface area contributed by atoms with Crippen LogP contribution in [0.1, 0.15) is 78.6 Å². The van der Waals surface area contributed by atoms with Gasteiger partial charge in [0.25, 0.3) is 0 Å². The van der Waals surface area contributed by atoms with Crippen molar-refractivity contribution in [2.45, 2.75) is 83.3 Å². The summed E-state index contributed by atoms with van der Waals surface area (Å²) < 4.78 is 0.238. The van der Waals surface area contributed by atoms with E-state index < -0.39 is 0 Å². The number of thiol groups is 1. The fourth-order valence-electron chi connectivity index (χ4n) is 1.69. The Hall–Kier alpha value is 0.350. The molecule has 0 aliphatic heterocycles. The normalized spacial score (nSPS) is 12.0. The molecule has 0 unspecified atom stereocenters. The highest BCUT2D eigenvalue weighted by Gasteiger charge is 2.09. The van der Waals surface area contributed by atoms with Crippen LogP contribution in [0.15, 0.2) is 0 Å². The van der Waals surface area contributed by atoms with Crippen molar-refractivity contribution in [1.82, 2.24) is 0 Å². The molecule has 0 saturated carbocycles. The Labute approximate surface area is 96.3 Å². The average molecular weight is 216 g/mol. The van der Waals surface area contributed by atoms with Crippen LogP contribution in [-0.4, -0.2) is 4.75 Å². The van der Waals surface area contributed by atoms with Gasteiger partial charge in [0.1, 0.15) is 0 Å². The Balaban J connectivity index is 2.99. The van der Waals surface area contributed by atoms with Gasteiger partial charge in [-0.3, -0.25) is 0 Å². The van der Waals surface area contributed by atoms with Crippen molar-refractivity contribution >= 4 is 12.6 Å². The van der Waals surface area contributed by atoms with E-state index in [1.54, 1.807) is 0 Å². The highest BCUT2D eigenvalue weighted by atomic mass is 32.1. The second-order valence-electron chi connectivity index (χ2n) is 5.04. The van der Waals surface area contributed by atoms with E-state index >= 15 is 0 Å². The number of unbranched alkanes of at least 4 members (excludes halogenated alkanes) is 7. The lowest BCUT2D eigenvalue weighted by Gasteiger charge is -2.16.